The lowest BCUT2D eigenvalue weighted by molar-refractivity contribution is 0.232. The number of likely N-dealkylation sites (N-methyl/N-ethyl adjacent to an activating group) is 1. The van der Waals surface area contributed by atoms with Gasteiger partial charge >= 0.3 is 0 Å². The molecule has 20 heavy (non-hydrogen) atoms. The first kappa shape index (κ1) is 13.1. The van der Waals surface area contributed by atoms with Gasteiger partial charge in [-0.05, 0) is 18.7 Å². The smallest absolute Gasteiger partial charge is 0.166 e. The summed E-state index contributed by atoms with van der Waals surface area (Å²) in [4.78, 5) is 0. The highest BCUT2D eigenvalue weighted by Crippen LogP contribution is 2.39. The van der Waals surface area contributed by atoms with Gasteiger partial charge in [0.1, 0.15) is 11.9 Å². The van der Waals surface area contributed by atoms with E-state index in [1.54, 1.807) is 12.1 Å². The van der Waals surface area contributed by atoms with E-state index in [4.69, 9.17) is 4.74 Å². The van der Waals surface area contributed by atoms with Crippen LogP contribution in [0.1, 0.15) is 5.56 Å². The van der Waals surface area contributed by atoms with Crippen LogP contribution < -0.4 is 10.1 Å². The molecule has 1 N–H and O–H groups in total. The van der Waals surface area contributed by atoms with E-state index in [9.17, 15) is 8.78 Å². The molecule has 2 nitrogen and oxygen atoms in total. The SMILES string of the molecule is CNC[C@@H]1Cc2cccc(-c3cccc(F)c3F)c2O1. The van der Waals surface area contributed by atoms with Gasteiger partial charge < -0.3 is 10.1 Å². The molecule has 0 radical (unpaired) electrons. The number of hydrogen-bond acceptors (Lipinski definition) is 2. The Bertz CT molecular complexity index is 642. The van der Waals surface area contributed by atoms with Gasteiger partial charge in [-0.3, -0.25) is 0 Å². The molecule has 2 aromatic carbocycles. The molecule has 1 aliphatic heterocycles. The number of ether oxygens (including phenoxy) is 1. The zero-order chi connectivity index (χ0) is 14.1. The van der Waals surface area contributed by atoms with Crippen LogP contribution in [0.25, 0.3) is 11.1 Å². The van der Waals surface area contributed by atoms with Crippen LogP contribution >= 0.6 is 0 Å². The molecule has 0 saturated carbocycles. The van der Waals surface area contributed by atoms with E-state index in [0.717, 1.165) is 24.6 Å². The van der Waals surface area contributed by atoms with Gasteiger partial charge in [-0.1, -0.05) is 30.3 Å². The van der Waals surface area contributed by atoms with Crippen molar-refractivity contribution in [3.8, 4) is 16.9 Å². The van der Waals surface area contributed by atoms with Crippen molar-refractivity contribution in [2.24, 2.45) is 0 Å². The van der Waals surface area contributed by atoms with Crippen molar-refractivity contribution in [3.05, 3.63) is 53.6 Å². The van der Waals surface area contributed by atoms with Crippen LogP contribution in [0.2, 0.25) is 0 Å². The van der Waals surface area contributed by atoms with Gasteiger partial charge in [-0.15, -0.1) is 0 Å². The van der Waals surface area contributed by atoms with Crippen molar-refractivity contribution in [2.45, 2.75) is 12.5 Å². The van der Waals surface area contributed by atoms with E-state index in [-0.39, 0.29) is 11.7 Å². The maximum atomic E-state index is 14.0. The number of rotatable bonds is 3. The van der Waals surface area contributed by atoms with Gasteiger partial charge in [-0.2, -0.15) is 0 Å². The Labute approximate surface area is 116 Å². The van der Waals surface area contributed by atoms with Crippen LogP contribution in [-0.4, -0.2) is 19.7 Å². The van der Waals surface area contributed by atoms with E-state index >= 15 is 0 Å². The molecule has 2 aromatic rings. The molecular formula is C16H15F2NO. The molecule has 1 aliphatic rings. The molecule has 104 valence electrons. The fourth-order valence-electron chi connectivity index (χ4n) is 2.60. The summed E-state index contributed by atoms with van der Waals surface area (Å²) in [6.07, 6.45) is 0.814. The largest absolute Gasteiger partial charge is 0.488 e. The molecule has 4 heteroatoms. The van der Waals surface area contributed by atoms with Crippen molar-refractivity contribution in [1.29, 1.82) is 0 Å². The van der Waals surface area contributed by atoms with Gasteiger partial charge in [0.2, 0.25) is 0 Å². The Morgan fingerprint density at radius 1 is 1.15 bits per heavy atom. The monoisotopic (exact) mass is 275 g/mol. The molecule has 0 spiro atoms. The second-order valence-electron chi connectivity index (χ2n) is 4.90. The van der Waals surface area contributed by atoms with Crippen LogP contribution in [0, 0.1) is 11.6 Å². The third kappa shape index (κ3) is 2.16. The third-order valence-corrected chi connectivity index (χ3v) is 3.50. The molecular weight excluding hydrogens is 260 g/mol. The molecule has 0 amide bonds. The second-order valence-corrected chi connectivity index (χ2v) is 4.90. The van der Waals surface area contributed by atoms with Crippen LogP contribution in [-0.2, 0) is 6.42 Å². The minimum atomic E-state index is -0.843. The number of fused-ring (bicyclic) bond motifs is 1. The molecule has 3 rings (SSSR count). The maximum absolute atomic E-state index is 14.0. The highest BCUT2D eigenvalue weighted by molar-refractivity contribution is 5.73. The number of para-hydroxylation sites is 1. The lowest BCUT2D eigenvalue weighted by Gasteiger charge is -2.12. The van der Waals surface area contributed by atoms with Crippen LogP contribution in [0.5, 0.6) is 5.75 Å². The molecule has 0 fully saturated rings. The van der Waals surface area contributed by atoms with Crippen LogP contribution in [0.15, 0.2) is 36.4 Å². The lowest BCUT2D eigenvalue weighted by atomic mass is 10.00. The van der Waals surface area contributed by atoms with E-state index in [0.29, 0.717) is 11.3 Å². The summed E-state index contributed by atoms with van der Waals surface area (Å²) >= 11 is 0. The number of benzene rings is 2. The van der Waals surface area contributed by atoms with Crippen molar-refractivity contribution >= 4 is 0 Å². The summed E-state index contributed by atoms with van der Waals surface area (Å²) in [6.45, 7) is 0.722. The Balaban J connectivity index is 2.05. The minimum absolute atomic E-state index is 0.0350. The first-order chi connectivity index (χ1) is 9.70. The summed E-state index contributed by atoms with van der Waals surface area (Å²) in [5.74, 6) is -1.01. The normalized spacial score (nSPS) is 16.9. The van der Waals surface area contributed by atoms with Gasteiger partial charge in [0, 0.05) is 24.1 Å². The average Bonchev–Trinajstić information content (AvgIpc) is 2.85. The van der Waals surface area contributed by atoms with Crippen molar-refractivity contribution in [1.82, 2.24) is 5.32 Å². The van der Waals surface area contributed by atoms with E-state index < -0.39 is 11.6 Å². The van der Waals surface area contributed by atoms with Gasteiger partial charge in [0.05, 0.1) is 0 Å². The highest BCUT2D eigenvalue weighted by atomic mass is 19.2. The summed E-state index contributed by atoms with van der Waals surface area (Å²) in [5.41, 5.74) is 1.89. The van der Waals surface area contributed by atoms with Crippen molar-refractivity contribution in [2.75, 3.05) is 13.6 Å². The minimum Gasteiger partial charge on any atom is -0.488 e. The van der Waals surface area contributed by atoms with Crippen molar-refractivity contribution in [3.63, 3.8) is 0 Å². The highest BCUT2D eigenvalue weighted by Gasteiger charge is 2.26. The fourth-order valence-corrected chi connectivity index (χ4v) is 2.60. The lowest BCUT2D eigenvalue weighted by Crippen LogP contribution is -2.27. The zero-order valence-corrected chi connectivity index (χ0v) is 11.1. The molecule has 1 heterocycles. The predicted molar refractivity (Wildman–Crippen MR) is 73.8 cm³/mol. The predicted octanol–water partition coefficient (Wildman–Crippen LogP) is 3.15. The first-order valence-electron chi connectivity index (χ1n) is 6.58. The number of hydrogen-bond donors (Lipinski definition) is 1. The Morgan fingerprint density at radius 3 is 2.70 bits per heavy atom. The fraction of sp³-hybridized carbons (Fsp3) is 0.250. The van der Waals surface area contributed by atoms with E-state index in [1.807, 2.05) is 19.2 Å². The van der Waals surface area contributed by atoms with Crippen LogP contribution in [0.3, 0.4) is 0 Å². The Morgan fingerprint density at radius 2 is 1.90 bits per heavy atom. The summed E-state index contributed by atoms with van der Waals surface area (Å²) in [6, 6.07) is 9.77. The first-order valence-corrected chi connectivity index (χ1v) is 6.58. The molecule has 0 saturated heterocycles. The average molecular weight is 275 g/mol. The van der Waals surface area contributed by atoms with Gasteiger partial charge in [0.25, 0.3) is 0 Å². The summed E-state index contributed by atoms with van der Waals surface area (Å²) < 4.78 is 33.2. The molecule has 0 bridgehead atoms. The molecule has 1 atom stereocenters. The summed E-state index contributed by atoms with van der Waals surface area (Å²) in [5, 5.41) is 3.07. The second kappa shape index (κ2) is 5.21. The number of halogens is 2. The van der Waals surface area contributed by atoms with Gasteiger partial charge in [0.15, 0.2) is 11.6 Å². The quantitative estimate of drug-likeness (QED) is 0.929. The van der Waals surface area contributed by atoms with E-state index in [1.165, 1.54) is 6.07 Å². The molecule has 0 unspecified atom stereocenters. The molecule has 0 aromatic heterocycles. The Kier molecular flexibility index (Phi) is 3.40. The van der Waals surface area contributed by atoms with E-state index in [2.05, 4.69) is 5.32 Å². The topological polar surface area (TPSA) is 21.3 Å². The summed E-state index contributed by atoms with van der Waals surface area (Å²) in [7, 11) is 1.86. The van der Waals surface area contributed by atoms with Gasteiger partial charge in [-0.25, -0.2) is 8.78 Å². The number of nitrogens with one attached hydrogen (secondary N) is 1. The standard InChI is InChI=1S/C16H15F2NO/c1-19-9-11-8-10-4-2-6-13(16(10)20-11)12-5-3-7-14(17)15(12)18/h2-7,11,19H,8-9H2,1H3/t11-/m0/s1. The Hall–Kier alpha value is -1.94. The third-order valence-electron chi connectivity index (χ3n) is 3.50. The maximum Gasteiger partial charge on any atom is 0.166 e. The van der Waals surface area contributed by atoms with Crippen molar-refractivity contribution < 1.29 is 13.5 Å². The molecule has 0 aliphatic carbocycles. The zero-order valence-electron chi connectivity index (χ0n) is 11.1. The van der Waals surface area contributed by atoms with Crippen LogP contribution in [0.4, 0.5) is 8.78 Å².